The Balaban J connectivity index is 2.27. The van der Waals surface area contributed by atoms with Crippen LogP contribution in [0.4, 0.5) is 5.82 Å². The van der Waals surface area contributed by atoms with E-state index in [-0.39, 0.29) is 6.04 Å². The summed E-state index contributed by atoms with van der Waals surface area (Å²) in [4.78, 5) is 4.19. The molecule has 4 heteroatoms. The predicted molar refractivity (Wildman–Crippen MR) is 70.0 cm³/mol. The molecule has 94 valence electrons. The van der Waals surface area contributed by atoms with Gasteiger partial charge in [-0.2, -0.15) is 0 Å². The van der Waals surface area contributed by atoms with E-state index >= 15 is 0 Å². The molecule has 1 heterocycles. The maximum atomic E-state index is 6.00. The lowest BCUT2D eigenvalue weighted by Gasteiger charge is -2.31. The van der Waals surface area contributed by atoms with Crippen molar-refractivity contribution < 1.29 is 0 Å². The molecule has 1 aliphatic rings. The number of hydrogen-bond donors (Lipinski definition) is 3. The summed E-state index contributed by atoms with van der Waals surface area (Å²) in [5, 5.41) is 0. The zero-order valence-corrected chi connectivity index (χ0v) is 10.4. The van der Waals surface area contributed by atoms with Gasteiger partial charge in [-0.3, -0.25) is 11.3 Å². The largest absolute Gasteiger partial charge is 0.383 e. The van der Waals surface area contributed by atoms with Gasteiger partial charge in [0.15, 0.2) is 0 Å². The minimum atomic E-state index is 0.143. The second kappa shape index (κ2) is 5.47. The molecule has 1 atom stereocenters. The number of nitrogens with two attached hydrogens (primary N) is 2. The molecule has 5 N–H and O–H groups in total. The van der Waals surface area contributed by atoms with Crippen molar-refractivity contribution in [1.82, 2.24) is 10.4 Å². The van der Waals surface area contributed by atoms with E-state index in [1.54, 1.807) is 6.20 Å². The van der Waals surface area contributed by atoms with E-state index in [0.29, 0.717) is 11.7 Å². The van der Waals surface area contributed by atoms with E-state index in [1.807, 2.05) is 6.07 Å². The fourth-order valence-electron chi connectivity index (χ4n) is 2.92. The van der Waals surface area contributed by atoms with Gasteiger partial charge in [-0.15, -0.1) is 0 Å². The maximum absolute atomic E-state index is 6.00. The molecule has 0 aromatic carbocycles. The van der Waals surface area contributed by atoms with E-state index in [9.17, 15) is 0 Å². The Kier molecular flexibility index (Phi) is 3.97. The first kappa shape index (κ1) is 12.3. The molecule has 17 heavy (non-hydrogen) atoms. The van der Waals surface area contributed by atoms with Gasteiger partial charge in [0.1, 0.15) is 5.82 Å². The van der Waals surface area contributed by atoms with Gasteiger partial charge in [0.25, 0.3) is 0 Å². The van der Waals surface area contributed by atoms with Crippen LogP contribution >= 0.6 is 0 Å². The minimum Gasteiger partial charge on any atom is -0.383 e. The molecule has 0 spiro atoms. The number of aromatic nitrogens is 1. The molecule has 0 bridgehead atoms. The number of hydrogen-bond acceptors (Lipinski definition) is 4. The van der Waals surface area contributed by atoms with E-state index in [4.69, 9.17) is 11.6 Å². The summed E-state index contributed by atoms with van der Waals surface area (Å²) in [6, 6.07) is 2.14. The number of nitrogens with zero attached hydrogens (tertiary/aromatic N) is 1. The minimum absolute atomic E-state index is 0.143. The summed E-state index contributed by atoms with van der Waals surface area (Å²) in [6.07, 6.45) is 8.13. The Morgan fingerprint density at radius 2 is 2.06 bits per heavy atom. The van der Waals surface area contributed by atoms with Crippen LogP contribution in [0.1, 0.15) is 49.3 Å². The fourth-order valence-corrected chi connectivity index (χ4v) is 2.92. The molecule has 2 rings (SSSR count). The Bertz CT molecular complexity index is 351. The fraction of sp³-hybridized carbons (Fsp3) is 0.615. The highest BCUT2D eigenvalue weighted by atomic mass is 15.2. The highest BCUT2D eigenvalue weighted by Gasteiger charge is 2.27. The van der Waals surface area contributed by atoms with E-state index in [1.165, 1.54) is 37.7 Å². The first-order valence-electron chi connectivity index (χ1n) is 6.41. The van der Waals surface area contributed by atoms with Crippen LogP contribution in [0.5, 0.6) is 0 Å². The average Bonchev–Trinajstić information content (AvgIpc) is 2.35. The van der Waals surface area contributed by atoms with Gasteiger partial charge in [-0.05, 0) is 37.3 Å². The SMILES string of the molecule is Cc1ccnc(N)c1C(NN)C1CCCCC1. The van der Waals surface area contributed by atoms with Crippen LogP contribution in [0.25, 0.3) is 0 Å². The van der Waals surface area contributed by atoms with Crippen LogP contribution in [0.2, 0.25) is 0 Å². The van der Waals surface area contributed by atoms with Crippen molar-refractivity contribution in [3.8, 4) is 0 Å². The number of aryl methyl sites for hydroxylation is 1. The van der Waals surface area contributed by atoms with Crippen molar-refractivity contribution >= 4 is 5.82 Å². The smallest absolute Gasteiger partial charge is 0.128 e. The molecular weight excluding hydrogens is 212 g/mol. The number of hydrazine groups is 1. The second-order valence-electron chi connectivity index (χ2n) is 4.97. The van der Waals surface area contributed by atoms with Crippen molar-refractivity contribution in [2.75, 3.05) is 5.73 Å². The number of pyridine rings is 1. The Labute approximate surface area is 103 Å². The van der Waals surface area contributed by atoms with Crippen LogP contribution in [0.15, 0.2) is 12.3 Å². The van der Waals surface area contributed by atoms with Crippen molar-refractivity contribution in [2.24, 2.45) is 11.8 Å². The topological polar surface area (TPSA) is 77.0 Å². The molecule has 1 aromatic rings. The Hall–Kier alpha value is -1.13. The van der Waals surface area contributed by atoms with Crippen LogP contribution in [-0.4, -0.2) is 4.98 Å². The van der Waals surface area contributed by atoms with Gasteiger partial charge >= 0.3 is 0 Å². The highest BCUT2D eigenvalue weighted by Crippen LogP contribution is 2.36. The summed E-state index contributed by atoms with van der Waals surface area (Å²) >= 11 is 0. The van der Waals surface area contributed by atoms with Gasteiger partial charge in [0.05, 0.1) is 6.04 Å². The number of nitrogens with one attached hydrogen (secondary N) is 1. The molecule has 1 fully saturated rings. The maximum Gasteiger partial charge on any atom is 0.128 e. The van der Waals surface area contributed by atoms with Gasteiger partial charge < -0.3 is 5.73 Å². The lowest BCUT2D eigenvalue weighted by atomic mass is 9.80. The van der Waals surface area contributed by atoms with Gasteiger partial charge in [-0.1, -0.05) is 19.3 Å². The predicted octanol–water partition coefficient (Wildman–Crippen LogP) is 2.06. The summed E-state index contributed by atoms with van der Waals surface area (Å²) in [5.74, 6) is 6.93. The third-order valence-electron chi connectivity index (χ3n) is 3.85. The molecule has 0 aliphatic heterocycles. The average molecular weight is 234 g/mol. The summed E-state index contributed by atoms with van der Waals surface area (Å²) < 4.78 is 0. The molecule has 1 saturated carbocycles. The standard InChI is InChI=1S/C13H22N4/c1-9-7-8-16-13(14)11(9)12(17-15)10-5-3-2-4-6-10/h7-8,10,12,17H,2-6,15H2,1H3,(H2,14,16). The first-order valence-corrected chi connectivity index (χ1v) is 6.41. The molecule has 1 unspecified atom stereocenters. The summed E-state index contributed by atoms with van der Waals surface area (Å²) in [7, 11) is 0. The van der Waals surface area contributed by atoms with Crippen molar-refractivity contribution in [2.45, 2.75) is 45.1 Å². The number of nitrogen functional groups attached to an aromatic ring is 1. The number of anilines is 1. The van der Waals surface area contributed by atoms with E-state index < -0.39 is 0 Å². The molecule has 4 nitrogen and oxygen atoms in total. The normalized spacial score (nSPS) is 19.2. The monoisotopic (exact) mass is 234 g/mol. The van der Waals surface area contributed by atoms with Gasteiger partial charge in [0, 0.05) is 11.8 Å². The van der Waals surface area contributed by atoms with Crippen LogP contribution in [-0.2, 0) is 0 Å². The second-order valence-corrected chi connectivity index (χ2v) is 4.97. The first-order chi connectivity index (χ1) is 8.24. The molecule has 1 aromatic heterocycles. The van der Waals surface area contributed by atoms with Crippen molar-refractivity contribution in [1.29, 1.82) is 0 Å². The molecule has 1 aliphatic carbocycles. The zero-order valence-electron chi connectivity index (χ0n) is 10.4. The molecule has 0 amide bonds. The lowest BCUT2D eigenvalue weighted by molar-refractivity contribution is 0.273. The van der Waals surface area contributed by atoms with Crippen LogP contribution < -0.4 is 17.0 Å². The van der Waals surface area contributed by atoms with E-state index in [0.717, 1.165) is 5.56 Å². The van der Waals surface area contributed by atoms with Crippen LogP contribution in [0.3, 0.4) is 0 Å². The Morgan fingerprint density at radius 1 is 1.35 bits per heavy atom. The summed E-state index contributed by atoms with van der Waals surface area (Å²) in [5.41, 5.74) is 11.2. The molecule has 0 radical (unpaired) electrons. The van der Waals surface area contributed by atoms with E-state index in [2.05, 4.69) is 17.3 Å². The third-order valence-corrected chi connectivity index (χ3v) is 3.85. The molecule has 0 saturated heterocycles. The van der Waals surface area contributed by atoms with Gasteiger partial charge in [0.2, 0.25) is 0 Å². The molecular formula is C13H22N4. The zero-order chi connectivity index (χ0) is 12.3. The number of rotatable bonds is 3. The van der Waals surface area contributed by atoms with Crippen LogP contribution in [0, 0.1) is 12.8 Å². The highest BCUT2D eigenvalue weighted by molar-refractivity contribution is 5.46. The quantitative estimate of drug-likeness (QED) is 0.552. The van der Waals surface area contributed by atoms with Crippen molar-refractivity contribution in [3.63, 3.8) is 0 Å². The summed E-state index contributed by atoms with van der Waals surface area (Å²) in [6.45, 7) is 2.07. The van der Waals surface area contributed by atoms with Gasteiger partial charge in [-0.25, -0.2) is 4.98 Å². The Morgan fingerprint density at radius 3 is 2.65 bits per heavy atom. The van der Waals surface area contributed by atoms with Crippen molar-refractivity contribution in [3.05, 3.63) is 23.4 Å². The lowest BCUT2D eigenvalue weighted by Crippen LogP contribution is -2.35. The third kappa shape index (κ3) is 2.58.